The fourth-order valence-corrected chi connectivity index (χ4v) is 2.61. The summed E-state index contributed by atoms with van der Waals surface area (Å²) in [5.41, 5.74) is 3.77. The van der Waals surface area contributed by atoms with Crippen LogP contribution in [0.15, 0.2) is 53.5 Å². The largest absolute Gasteiger partial charge is 0.289 e. The van der Waals surface area contributed by atoms with Crippen molar-refractivity contribution in [2.24, 2.45) is 4.99 Å². The second-order valence-electron chi connectivity index (χ2n) is 4.44. The Labute approximate surface area is 104 Å². The van der Waals surface area contributed by atoms with Crippen LogP contribution in [-0.4, -0.2) is 5.78 Å². The van der Waals surface area contributed by atoms with Crippen molar-refractivity contribution < 1.29 is 4.79 Å². The third-order valence-corrected chi connectivity index (χ3v) is 3.40. The standard InChI is InChI=1S/C16H9NO/c18-14-7-3-4-10-8-9-13-16(15(10)14)11-5-1-2-6-12(11)17-13/h1-9H. The molecule has 2 heteroatoms. The summed E-state index contributed by atoms with van der Waals surface area (Å²) in [4.78, 5) is 16.7. The number of allylic oxidation sites excluding steroid dienone is 2. The second kappa shape index (κ2) is 3.26. The lowest BCUT2D eigenvalue weighted by Crippen LogP contribution is -2.22. The molecule has 0 aromatic heterocycles. The van der Waals surface area contributed by atoms with Crippen LogP contribution < -0.4 is 10.6 Å². The highest BCUT2D eigenvalue weighted by molar-refractivity contribution is 6.12. The molecule has 0 atom stereocenters. The van der Waals surface area contributed by atoms with Gasteiger partial charge in [0.2, 0.25) is 0 Å². The normalized spacial score (nSPS) is 14.3. The number of para-hydroxylation sites is 1. The predicted octanol–water partition coefficient (Wildman–Crippen LogP) is 2.15. The third kappa shape index (κ3) is 1.12. The van der Waals surface area contributed by atoms with Gasteiger partial charge in [0, 0.05) is 16.7 Å². The predicted molar refractivity (Wildman–Crippen MR) is 70.3 cm³/mol. The third-order valence-electron chi connectivity index (χ3n) is 3.40. The first-order valence-electron chi connectivity index (χ1n) is 5.88. The number of carbonyl (C=O) groups excluding carboxylic acids is 1. The lowest BCUT2D eigenvalue weighted by atomic mass is 9.93. The molecule has 1 heterocycles. The van der Waals surface area contributed by atoms with Gasteiger partial charge in [0.05, 0.1) is 11.0 Å². The van der Waals surface area contributed by atoms with Crippen molar-refractivity contribution in [2.75, 3.05) is 0 Å². The summed E-state index contributed by atoms with van der Waals surface area (Å²) >= 11 is 0. The van der Waals surface area contributed by atoms with Crippen molar-refractivity contribution in [1.82, 2.24) is 0 Å². The van der Waals surface area contributed by atoms with Gasteiger partial charge in [-0.1, -0.05) is 36.4 Å². The van der Waals surface area contributed by atoms with Gasteiger partial charge >= 0.3 is 0 Å². The Hall–Kier alpha value is -2.48. The summed E-state index contributed by atoms with van der Waals surface area (Å²) in [7, 11) is 0. The van der Waals surface area contributed by atoms with Crippen molar-refractivity contribution in [1.29, 1.82) is 0 Å². The number of carbonyl (C=O) groups is 1. The van der Waals surface area contributed by atoms with Gasteiger partial charge in [-0.05, 0) is 23.4 Å². The number of hydrogen-bond donors (Lipinski definition) is 0. The van der Waals surface area contributed by atoms with E-state index >= 15 is 0 Å². The van der Waals surface area contributed by atoms with Crippen LogP contribution in [0.5, 0.6) is 0 Å². The Morgan fingerprint density at radius 1 is 0.944 bits per heavy atom. The van der Waals surface area contributed by atoms with Crippen LogP contribution in [0.25, 0.3) is 17.2 Å². The molecule has 1 aliphatic heterocycles. The first kappa shape index (κ1) is 9.54. The van der Waals surface area contributed by atoms with Crippen molar-refractivity contribution in [3.63, 3.8) is 0 Å². The topological polar surface area (TPSA) is 29.4 Å². The zero-order valence-corrected chi connectivity index (χ0v) is 9.55. The number of rotatable bonds is 0. The number of hydrogen-bond acceptors (Lipinski definition) is 2. The number of benzene rings is 2. The van der Waals surface area contributed by atoms with Crippen molar-refractivity contribution >= 4 is 17.5 Å². The van der Waals surface area contributed by atoms with E-state index in [0.717, 1.165) is 33.0 Å². The summed E-state index contributed by atoms with van der Waals surface area (Å²) in [5, 5.41) is 1.88. The fourth-order valence-electron chi connectivity index (χ4n) is 2.61. The molecule has 2 nitrogen and oxygen atoms in total. The Morgan fingerprint density at radius 3 is 2.78 bits per heavy atom. The van der Waals surface area contributed by atoms with Gasteiger partial charge < -0.3 is 0 Å². The van der Waals surface area contributed by atoms with Gasteiger partial charge in [-0.15, -0.1) is 0 Å². The molecule has 2 aliphatic rings. The molecule has 0 spiro atoms. The monoisotopic (exact) mass is 231 g/mol. The first-order chi connectivity index (χ1) is 8.84. The van der Waals surface area contributed by atoms with Crippen LogP contribution in [0.3, 0.4) is 0 Å². The van der Waals surface area contributed by atoms with E-state index in [-0.39, 0.29) is 5.78 Å². The van der Waals surface area contributed by atoms with E-state index in [1.54, 1.807) is 12.2 Å². The molecule has 2 aromatic carbocycles. The van der Waals surface area contributed by atoms with Gasteiger partial charge in [0.15, 0.2) is 5.78 Å². The molecule has 0 bridgehead atoms. The highest BCUT2D eigenvalue weighted by atomic mass is 16.1. The van der Waals surface area contributed by atoms with E-state index in [0.29, 0.717) is 0 Å². The minimum Gasteiger partial charge on any atom is -0.289 e. The lowest BCUT2D eigenvalue weighted by molar-refractivity contribution is 0.104. The van der Waals surface area contributed by atoms with Crippen molar-refractivity contribution in [3.05, 3.63) is 64.7 Å². The van der Waals surface area contributed by atoms with Gasteiger partial charge in [-0.3, -0.25) is 4.79 Å². The SMILES string of the molecule is O=C1C=CC=c2ccc3c(c21)-c1ccccc1N=3. The van der Waals surface area contributed by atoms with Gasteiger partial charge in [0.1, 0.15) is 0 Å². The zero-order chi connectivity index (χ0) is 12.1. The summed E-state index contributed by atoms with van der Waals surface area (Å²) in [6, 6.07) is 11.9. The highest BCUT2D eigenvalue weighted by Crippen LogP contribution is 2.33. The Balaban J connectivity index is 2.20. The lowest BCUT2D eigenvalue weighted by Gasteiger charge is -2.08. The summed E-state index contributed by atoms with van der Waals surface area (Å²) in [6.45, 7) is 0. The molecule has 0 radical (unpaired) electrons. The quantitative estimate of drug-likeness (QED) is 0.583. The number of nitrogens with zero attached hydrogens (tertiary/aromatic N) is 1. The van der Waals surface area contributed by atoms with Gasteiger partial charge in [-0.25, -0.2) is 4.99 Å². The Bertz CT molecular complexity index is 844. The molecular weight excluding hydrogens is 222 g/mol. The average Bonchev–Trinajstić information content (AvgIpc) is 2.77. The van der Waals surface area contributed by atoms with Gasteiger partial charge in [-0.2, -0.15) is 0 Å². The van der Waals surface area contributed by atoms with Gasteiger partial charge in [0.25, 0.3) is 0 Å². The molecule has 0 fully saturated rings. The molecule has 0 saturated carbocycles. The van der Waals surface area contributed by atoms with Crippen LogP contribution in [0.2, 0.25) is 0 Å². The average molecular weight is 231 g/mol. The van der Waals surface area contributed by atoms with E-state index in [1.807, 2.05) is 42.5 Å². The molecule has 0 amide bonds. The maximum atomic E-state index is 12.1. The van der Waals surface area contributed by atoms with Crippen LogP contribution in [-0.2, 0) is 0 Å². The van der Waals surface area contributed by atoms with Crippen molar-refractivity contribution in [3.8, 4) is 11.1 Å². The number of ketones is 1. The summed E-state index contributed by atoms with van der Waals surface area (Å²) in [6.07, 6.45) is 5.39. The molecular formula is C16H9NO. The summed E-state index contributed by atoms with van der Waals surface area (Å²) in [5.74, 6) is 0.0660. The Morgan fingerprint density at radius 2 is 1.83 bits per heavy atom. The number of fused-ring (bicyclic) bond motifs is 5. The van der Waals surface area contributed by atoms with Crippen LogP contribution in [0.4, 0.5) is 5.69 Å². The van der Waals surface area contributed by atoms with Crippen LogP contribution in [0.1, 0.15) is 10.4 Å². The van der Waals surface area contributed by atoms with Crippen molar-refractivity contribution in [2.45, 2.75) is 0 Å². The van der Waals surface area contributed by atoms with E-state index in [4.69, 9.17) is 0 Å². The minimum absolute atomic E-state index is 0.0660. The fraction of sp³-hybridized carbons (Fsp3) is 0. The first-order valence-corrected chi connectivity index (χ1v) is 5.88. The highest BCUT2D eigenvalue weighted by Gasteiger charge is 2.21. The van der Waals surface area contributed by atoms with E-state index in [9.17, 15) is 4.79 Å². The summed E-state index contributed by atoms with van der Waals surface area (Å²) < 4.78 is 0. The molecule has 0 saturated heterocycles. The maximum Gasteiger partial charge on any atom is 0.187 e. The smallest absolute Gasteiger partial charge is 0.187 e. The van der Waals surface area contributed by atoms with Crippen LogP contribution in [0, 0.1) is 0 Å². The molecule has 2 aromatic rings. The minimum atomic E-state index is 0.0660. The molecule has 18 heavy (non-hydrogen) atoms. The van der Waals surface area contributed by atoms with E-state index in [1.165, 1.54) is 0 Å². The second-order valence-corrected chi connectivity index (χ2v) is 4.44. The van der Waals surface area contributed by atoms with E-state index in [2.05, 4.69) is 4.99 Å². The van der Waals surface area contributed by atoms with E-state index < -0.39 is 0 Å². The molecule has 0 unspecified atom stereocenters. The zero-order valence-electron chi connectivity index (χ0n) is 9.55. The van der Waals surface area contributed by atoms with Crippen LogP contribution >= 0.6 is 0 Å². The Kier molecular flexibility index (Phi) is 1.73. The molecule has 0 N–H and O–H groups in total. The maximum absolute atomic E-state index is 12.1. The molecule has 4 rings (SSSR count). The molecule has 84 valence electrons. The molecule has 1 aliphatic carbocycles.